The van der Waals surface area contributed by atoms with Gasteiger partial charge in [0.25, 0.3) is 11.8 Å². The zero-order valence-corrected chi connectivity index (χ0v) is 25.9. The molecule has 0 radical (unpaired) electrons. The van der Waals surface area contributed by atoms with Crippen molar-refractivity contribution in [1.29, 1.82) is 0 Å². The van der Waals surface area contributed by atoms with Gasteiger partial charge in [-0.1, -0.05) is 0 Å². The van der Waals surface area contributed by atoms with E-state index >= 15 is 0 Å². The molecule has 4 aromatic rings. The van der Waals surface area contributed by atoms with Crippen molar-refractivity contribution in [2.75, 3.05) is 24.6 Å². The number of nitrogens with two attached hydrogens (primary N) is 2. The lowest BCUT2D eigenvalue weighted by molar-refractivity contribution is -0.375. The maximum absolute atomic E-state index is 13.0. The second-order valence-corrected chi connectivity index (χ2v) is 12.3. The Morgan fingerprint density at radius 1 is 0.895 bits per heavy atom. The molecule has 5 rings (SSSR count). The molecular formula is C22H24Br4N10O2+2. The van der Waals surface area contributed by atoms with Crippen molar-refractivity contribution in [2.24, 2.45) is 11.8 Å². The molecule has 0 aliphatic heterocycles. The molecule has 3 atom stereocenters. The van der Waals surface area contributed by atoms with Gasteiger partial charge >= 0.3 is 11.9 Å². The number of aromatic amines is 6. The molecule has 16 heteroatoms. The van der Waals surface area contributed by atoms with Crippen LogP contribution in [0.2, 0.25) is 0 Å². The first-order valence-electron chi connectivity index (χ1n) is 11.5. The molecule has 0 saturated heterocycles. The van der Waals surface area contributed by atoms with E-state index in [1.54, 1.807) is 12.1 Å². The Balaban J connectivity index is 1.43. The van der Waals surface area contributed by atoms with Crippen LogP contribution in [0.15, 0.2) is 36.5 Å². The molecule has 1 aliphatic carbocycles. The van der Waals surface area contributed by atoms with E-state index in [-0.39, 0.29) is 29.6 Å². The van der Waals surface area contributed by atoms with Crippen molar-refractivity contribution < 1.29 is 19.6 Å². The molecule has 38 heavy (non-hydrogen) atoms. The minimum atomic E-state index is -0.250. The molecule has 4 aromatic heterocycles. The summed E-state index contributed by atoms with van der Waals surface area (Å²) in [7, 11) is 0. The van der Waals surface area contributed by atoms with Crippen LogP contribution in [0.4, 0.5) is 11.9 Å². The summed E-state index contributed by atoms with van der Waals surface area (Å²) in [5.74, 6) is -0.0628. The summed E-state index contributed by atoms with van der Waals surface area (Å²) in [5, 5.41) is 6.10. The summed E-state index contributed by atoms with van der Waals surface area (Å²) < 4.78 is 2.87. The number of fused-ring (bicyclic) bond motifs is 1. The van der Waals surface area contributed by atoms with Gasteiger partial charge in [-0.05, 0) is 87.7 Å². The monoisotopic (exact) mass is 776 g/mol. The van der Waals surface area contributed by atoms with E-state index in [0.29, 0.717) is 52.0 Å². The van der Waals surface area contributed by atoms with Gasteiger partial charge in [0, 0.05) is 19.5 Å². The second kappa shape index (κ2) is 10.9. The molecule has 200 valence electrons. The smallest absolute Gasteiger partial charge is 0.350 e. The van der Waals surface area contributed by atoms with Crippen molar-refractivity contribution in [1.82, 2.24) is 30.6 Å². The molecule has 0 bridgehead atoms. The molecule has 0 spiro atoms. The summed E-state index contributed by atoms with van der Waals surface area (Å²) in [4.78, 5) is 44.6. The van der Waals surface area contributed by atoms with Crippen molar-refractivity contribution in [3.05, 3.63) is 65.0 Å². The molecule has 12 nitrogen and oxygen atoms in total. The normalized spacial score (nSPS) is 18.8. The number of nitrogens with one attached hydrogen (secondary N) is 8. The third-order valence-corrected chi connectivity index (χ3v) is 10.2. The highest BCUT2D eigenvalue weighted by molar-refractivity contribution is 9.13. The Morgan fingerprint density at radius 3 is 2.03 bits per heavy atom. The van der Waals surface area contributed by atoms with Gasteiger partial charge in [0.05, 0.1) is 30.3 Å². The number of hydrogen-bond donors (Lipinski definition) is 8. The molecule has 0 aromatic carbocycles. The van der Waals surface area contributed by atoms with Crippen LogP contribution in [-0.4, -0.2) is 44.8 Å². The van der Waals surface area contributed by atoms with Crippen molar-refractivity contribution in [2.45, 2.75) is 12.3 Å². The van der Waals surface area contributed by atoms with Gasteiger partial charge in [0.15, 0.2) is 0 Å². The van der Waals surface area contributed by atoms with E-state index in [9.17, 15) is 9.59 Å². The summed E-state index contributed by atoms with van der Waals surface area (Å²) in [6.45, 7) is 0.692. The zero-order chi connectivity index (χ0) is 27.1. The number of amides is 2. The summed E-state index contributed by atoms with van der Waals surface area (Å²) in [5.41, 5.74) is 15.6. The molecule has 1 aliphatic rings. The zero-order valence-electron chi connectivity index (χ0n) is 19.6. The number of aromatic nitrogens is 6. The highest BCUT2D eigenvalue weighted by Crippen LogP contribution is 2.41. The van der Waals surface area contributed by atoms with Crippen LogP contribution >= 0.6 is 63.7 Å². The number of carbonyl (C=O) groups excluding carboxylic acids is 2. The minimum Gasteiger partial charge on any atom is -0.350 e. The number of rotatable bonds is 7. The number of hydrogen-bond acceptors (Lipinski definition) is 4. The van der Waals surface area contributed by atoms with E-state index in [0.717, 1.165) is 26.0 Å². The lowest BCUT2D eigenvalue weighted by Crippen LogP contribution is -2.45. The largest absolute Gasteiger partial charge is 0.350 e. The predicted octanol–water partition coefficient (Wildman–Crippen LogP) is 2.62. The fourth-order valence-electron chi connectivity index (χ4n) is 4.93. The standard InChI is InChI=1S/C22H22Br4N10O2/c23-9-2-12(32-17(9)25)19(37)29-4-7-1-11-16(36-22(28)34-11)15(14-6-31-21(27)35-14)8(7)5-30-20(38)13-3-10(24)18(26)33-13/h2-3,6-8,15,32-33H,1,4-5H2,(H,29,37)(H,30,38)(H3,27,31,35)(H3,28,34,36)/p+2/t7-,8-,15+/m1/s1. The van der Waals surface area contributed by atoms with E-state index in [2.05, 4.69) is 104 Å². The SMILES string of the molecule is Nc1[nH]c([C@H]2c3[nH+]c(N)[nH]c3C[C@H](CNC(=O)c3cc(Br)c(Br)[nH]3)[C@H]2CNC(=O)c2cc(Br)c(Br)[nH]2)c[nH+]1. The molecule has 4 heterocycles. The van der Waals surface area contributed by atoms with Crippen LogP contribution in [0.25, 0.3) is 0 Å². The summed E-state index contributed by atoms with van der Waals surface area (Å²) >= 11 is 13.5. The molecule has 12 N–H and O–H groups in total. The lowest BCUT2D eigenvalue weighted by atomic mass is 9.71. The topological polar surface area (TPSA) is 202 Å². The van der Waals surface area contributed by atoms with Crippen molar-refractivity contribution in [3.8, 4) is 0 Å². The number of H-pyrrole nitrogens is 6. The Hall–Kier alpha value is -2.56. The van der Waals surface area contributed by atoms with E-state index < -0.39 is 0 Å². The molecule has 0 unspecified atom stereocenters. The van der Waals surface area contributed by atoms with Gasteiger partial charge in [0.1, 0.15) is 28.5 Å². The van der Waals surface area contributed by atoms with E-state index in [1.165, 1.54) is 0 Å². The van der Waals surface area contributed by atoms with Gasteiger partial charge < -0.3 is 20.6 Å². The Kier molecular flexibility index (Phi) is 7.75. The van der Waals surface area contributed by atoms with Gasteiger partial charge in [-0.3, -0.25) is 21.1 Å². The quantitative estimate of drug-likeness (QED) is 0.143. The molecule has 0 saturated carbocycles. The van der Waals surface area contributed by atoms with Gasteiger partial charge in [-0.25, -0.2) is 19.9 Å². The van der Waals surface area contributed by atoms with Gasteiger partial charge in [-0.15, -0.1) is 0 Å². The average Bonchev–Trinajstić information content (AvgIpc) is 3.63. The summed E-state index contributed by atoms with van der Waals surface area (Å²) in [6.07, 6.45) is 2.42. The van der Waals surface area contributed by atoms with Gasteiger partial charge in [0.2, 0.25) is 0 Å². The van der Waals surface area contributed by atoms with Crippen LogP contribution in [0.1, 0.15) is 44.0 Å². The van der Waals surface area contributed by atoms with Crippen LogP contribution < -0.4 is 32.1 Å². The lowest BCUT2D eigenvalue weighted by Gasteiger charge is -2.35. The van der Waals surface area contributed by atoms with Crippen molar-refractivity contribution in [3.63, 3.8) is 0 Å². The van der Waals surface area contributed by atoms with Crippen LogP contribution in [-0.2, 0) is 6.42 Å². The van der Waals surface area contributed by atoms with Crippen LogP contribution in [0.3, 0.4) is 0 Å². The predicted molar refractivity (Wildman–Crippen MR) is 153 cm³/mol. The first-order valence-corrected chi connectivity index (χ1v) is 14.7. The minimum absolute atomic E-state index is 0.0586. The molecule has 0 fully saturated rings. The van der Waals surface area contributed by atoms with Crippen LogP contribution in [0, 0.1) is 11.8 Å². The highest BCUT2D eigenvalue weighted by Gasteiger charge is 2.44. The number of anilines is 2. The summed E-state index contributed by atoms with van der Waals surface area (Å²) in [6, 6.07) is 3.42. The first kappa shape index (κ1) is 27.0. The fourth-order valence-corrected chi connectivity index (χ4v) is 6.24. The van der Waals surface area contributed by atoms with E-state index in [1.807, 2.05) is 6.20 Å². The van der Waals surface area contributed by atoms with Crippen molar-refractivity contribution >= 4 is 87.4 Å². The number of carbonyl (C=O) groups is 2. The van der Waals surface area contributed by atoms with Gasteiger partial charge in [-0.2, -0.15) is 0 Å². The second-order valence-electron chi connectivity index (χ2n) is 9.05. The van der Waals surface area contributed by atoms with E-state index in [4.69, 9.17) is 11.5 Å². The number of halogens is 4. The Morgan fingerprint density at radius 2 is 1.50 bits per heavy atom. The third-order valence-electron chi connectivity index (χ3n) is 6.65. The Bertz CT molecular complexity index is 1470. The maximum Gasteiger partial charge on any atom is 0.350 e. The Labute approximate surface area is 249 Å². The third kappa shape index (κ3) is 5.44. The highest BCUT2D eigenvalue weighted by atomic mass is 79.9. The fraction of sp³-hybridized carbons (Fsp3) is 0.273. The number of nitrogen functional groups attached to an aromatic ring is 2. The average molecular weight is 780 g/mol. The number of imidazole rings is 2. The molecule has 2 amide bonds. The first-order chi connectivity index (χ1) is 18.1. The molecular weight excluding hydrogens is 756 g/mol. The maximum atomic E-state index is 13.0. The van der Waals surface area contributed by atoms with Crippen LogP contribution in [0.5, 0.6) is 0 Å².